The highest BCUT2D eigenvalue weighted by Crippen LogP contribution is 2.12. The molecule has 0 aromatic rings. The summed E-state index contributed by atoms with van der Waals surface area (Å²) >= 11 is 0. The van der Waals surface area contributed by atoms with Crippen LogP contribution in [0.5, 0.6) is 0 Å². The van der Waals surface area contributed by atoms with Gasteiger partial charge in [0.05, 0.1) is 0 Å². The van der Waals surface area contributed by atoms with E-state index in [1.807, 2.05) is 40.7 Å². The quantitative estimate of drug-likeness (QED) is 0.621. The fraction of sp³-hybridized carbons (Fsp3) is 0.714. The zero-order valence-electron chi connectivity index (χ0n) is 11.1. The molecule has 0 N–H and O–H groups in total. The summed E-state index contributed by atoms with van der Waals surface area (Å²) in [7, 11) is 0. The van der Waals surface area contributed by atoms with Gasteiger partial charge in [-0.3, -0.25) is 9.59 Å². The van der Waals surface area contributed by atoms with Crippen LogP contribution in [0.15, 0.2) is 12.2 Å². The first kappa shape index (κ1) is 15.1. The molecule has 0 aliphatic rings. The van der Waals surface area contributed by atoms with E-state index in [2.05, 4.69) is 0 Å². The van der Waals surface area contributed by atoms with E-state index in [-0.39, 0.29) is 17.6 Å². The van der Waals surface area contributed by atoms with Crippen LogP contribution in [-0.4, -0.2) is 11.6 Å². The van der Waals surface area contributed by atoms with Crippen LogP contribution in [0.25, 0.3) is 0 Å². The van der Waals surface area contributed by atoms with Crippen molar-refractivity contribution in [1.82, 2.24) is 0 Å². The van der Waals surface area contributed by atoms with E-state index in [9.17, 15) is 9.59 Å². The number of rotatable bonds is 7. The van der Waals surface area contributed by atoms with Gasteiger partial charge in [-0.05, 0) is 18.4 Å². The molecule has 92 valence electrons. The minimum atomic E-state index is 0.0591. The molecule has 0 aromatic heterocycles. The minimum Gasteiger partial charge on any atom is -0.299 e. The van der Waals surface area contributed by atoms with Crippen LogP contribution in [0.1, 0.15) is 47.5 Å². The van der Waals surface area contributed by atoms with Crippen molar-refractivity contribution >= 4 is 11.6 Å². The molecule has 0 fully saturated rings. The second-order valence-corrected chi connectivity index (χ2v) is 5.13. The average molecular weight is 224 g/mol. The predicted octanol–water partition coefficient (Wildman–Crippen LogP) is 3.41. The van der Waals surface area contributed by atoms with E-state index in [0.717, 1.165) is 6.42 Å². The van der Waals surface area contributed by atoms with Gasteiger partial charge in [0.15, 0.2) is 5.78 Å². The molecule has 1 unspecified atom stereocenters. The first-order valence-corrected chi connectivity index (χ1v) is 6.07. The molecular formula is C14H24O2. The summed E-state index contributed by atoms with van der Waals surface area (Å²) in [5.74, 6) is 0.956. The Morgan fingerprint density at radius 1 is 1.00 bits per heavy atom. The molecule has 0 aliphatic heterocycles. The summed E-state index contributed by atoms with van der Waals surface area (Å²) in [6.07, 6.45) is 4.94. The molecule has 0 spiro atoms. The second kappa shape index (κ2) is 7.37. The highest BCUT2D eigenvalue weighted by molar-refractivity contribution is 5.91. The lowest BCUT2D eigenvalue weighted by Gasteiger charge is -2.09. The number of carbonyl (C=O) groups excluding carboxylic acids is 2. The molecule has 0 saturated carbocycles. The molecule has 0 radical (unpaired) electrons. The summed E-state index contributed by atoms with van der Waals surface area (Å²) in [6.45, 7) is 9.67. The van der Waals surface area contributed by atoms with Crippen LogP contribution in [0.2, 0.25) is 0 Å². The maximum Gasteiger partial charge on any atom is 0.157 e. The Bertz CT molecular complexity index is 262. The third-order valence-electron chi connectivity index (χ3n) is 2.58. The molecular weight excluding hydrogens is 200 g/mol. The van der Waals surface area contributed by atoms with Gasteiger partial charge in [-0.25, -0.2) is 0 Å². The predicted molar refractivity (Wildman–Crippen MR) is 67.2 cm³/mol. The zero-order chi connectivity index (χ0) is 12.7. The Morgan fingerprint density at radius 3 is 2.00 bits per heavy atom. The molecule has 0 saturated heterocycles. The number of allylic oxidation sites excluding steroid dienone is 2. The number of hydrogen-bond acceptors (Lipinski definition) is 2. The van der Waals surface area contributed by atoms with Crippen LogP contribution in [0.3, 0.4) is 0 Å². The van der Waals surface area contributed by atoms with Crippen molar-refractivity contribution < 1.29 is 9.59 Å². The van der Waals surface area contributed by atoms with Crippen molar-refractivity contribution in [3.8, 4) is 0 Å². The summed E-state index contributed by atoms with van der Waals surface area (Å²) in [5, 5.41) is 0. The molecule has 0 rings (SSSR count). The Balaban J connectivity index is 3.94. The second-order valence-electron chi connectivity index (χ2n) is 5.13. The molecule has 0 amide bonds. The molecule has 2 nitrogen and oxygen atoms in total. The SMILES string of the molecule is CC(C/C=C/C(=O)C(C)C)CC(=O)C(C)C. The standard InChI is InChI=1S/C14H24O2/c1-10(2)13(15)8-6-7-12(5)9-14(16)11(3)4/h6,8,10-12H,7,9H2,1-5H3/b8-6+. The number of hydrogen-bond donors (Lipinski definition) is 0. The van der Waals surface area contributed by atoms with Crippen molar-refractivity contribution in [3.63, 3.8) is 0 Å². The summed E-state index contributed by atoms with van der Waals surface area (Å²) in [5.41, 5.74) is 0. The first-order valence-electron chi connectivity index (χ1n) is 6.07. The molecule has 1 atom stereocenters. The molecule has 0 aromatic carbocycles. The van der Waals surface area contributed by atoms with E-state index >= 15 is 0 Å². The zero-order valence-corrected chi connectivity index (χ0v) is 11.1. The molecule has 16 heavy (non-hydrogen) atoms. The normalized spacial score (nSPS) is 13.7. The van der Waals surface area contributed by atoms with Gasteiger partial charge in [-0.15, -0.1) is 0 Å². The summed E-state index contributed by atoms with van der Waals surface area (Å²) in [4.78, 5) is 22.8. The molecule has 0 bridgehead atoms. The smallest absolute Gasteiger partial charge is 0.157 e. The van der Waals surface area contributed by atoms with Crippen molar-refractivity contribution in [2.24, 2.45) is 17.8 Å². The first-order chi connectivity index (χ1) is 7.34. The fourth-order valence-electron chi connectivity index (χ4n) is 1.27. The van der Waals surface area contributed by atoms with Gasteiger partial charge in [-0.1, -0.05) is 40.7 Å². The van der Waals surface area contributed by atoms with Gasteiger partial charge in [0.25, 0.3) is 0 Å². The molecule has 0 aliphatic carbocycles. The van der Waals surface area contributed by atoms with Gasteiger partial charge in [0.2, 0.25) is 0 Å². The van der Waals surface area contributed by atoms with Crippen molar-refractivity contribution in [3.05, 3.63) is 12.2 Å². The lowest BCUT2D eigenvalue weighted by Crippen LogP contribution is -2.11. The minimum absolute atomic E-state index is 0.0591. The van der Waals surface area contributed by atoms with E-state index < -0.39 is 0 Å². The van der Waals surface area contributed by atoms with Gasteiger partial charge in [0.1, 0.15) is 5.78 Å². The third kappa shape index (κ3) is 6.54. The van der Waals surface area contributed by atoms with E-state index in [4.69, 9.17) is 0 Å². The molecule has 0 heterocycles. The molecule has 2 heteroatoms. The Kier molecular flexibility index (Phi) is 6.95. The Labute approximate surface area is 99.1 Å². The van der Waals surface area contributed by atoms with Crippen LogP contribution in [0.4, 0.5) is 0 Å². The van der Waals surface area contributed by atoms with E-state index in [0.29, 0.717) is 18.1 Å². The number of carbonyl (C=O) groups is 2. The van der Waals surface area contributed by atoms with Crippen LogP contribution in [0, 0.1) is 17.8 Å². The van der Waals surface area contributed by atoms with Crippen LogP contribution < -0.4 is 0 Å². The lowest BCUT2D eigenvalue weighted by atomic mass is 9.95. The summed E-state index contributed by atoms with van der Waals surface area (Å²) in [6, 6.07) is 0. The largest absolute Gasteiger partial charge is 0.299 e. The van der Waals surface area contributed by atoms with E-state index in [1.165, 1.54) is 0 Å². The number of ketones is 2. The maximum atomic E-state index is 11.5. The maximum absolute atomic E-state index is 11.5. The number of Topliss-reactive ketones (excluding diaryl/α,β-unsaturated/α-hetero) is 1. The fourth-order valence-corrected chi connectivity index (χ4v) is 1.27. The van der Waals surface area contributed by atoms with Crippen molar-refractivity contribution in [2.75, 3.05) is 0 Å². The van der Waals surface area contributed by atoms with Gasteiger partial charge in [-0.2, -0.15) is 0 Å². The highest BCUT2D eigenvalue weighted by Gasteiger charge is 2.11. The van der Waals surface area contributed by atoms with E-state index in [1.54, 1.807) is 6.08 Å². The van der Waals surface area contributed by atoms with Crippen molar-refractivity contribution in [1.29, 1.82) is 0 Å². The summed E-state index contributed by atoms with van der Waals surface area (Å²) < 4.78 is 0. The highest BCUT2D eigenvalue weighted by atomic mass is 16.1. The third-order valence-corrected chi connectivity index (χ3v) is 2.58. The van der Waals surface area contributed by atoms with Crippen LogP contribution in [-0.2, 0) is 9.59 Å². The topological polar surface area (TPSA) is 34.1 Å². The Hall–Kier alpha value is -0.920. The van der Waals surface area contributed by atoms with Gasteiger partial charge in [0, 0.05) is 18.3 Å². The monoisotopic (exact) mass is 224 g/mol. The lowest BCUT2D eigenvalue weighted by molar-refractivity contribution is -0.122. The average Bonchev–Trinajstić information content (AvgIpc) is 2.16. The Morgan fingerprint density at radius 2 is 1.56 bits per heavy atom. The van der Waals surface area contributed by atoms with Crippen LogP contribution >= 0.6 is 0 Å². The van der Waals surface area contributed by atoms with Crippen molar-refractivity contribution in [2.45, 2.75) is 47.5 Å². The van der Waals surface area contributed by atoms with Gasteiger partial charge >= 0.3 is 0 Å². The van der Waals surface area contributed by atoms with Gasteiger partial charge < -0.3 is 0 Å².